The Morgan fingerprint density at radius 1 is 0.917 bits per heavy atom. The molecular formula is C10H9NO. The maximum atomic E-state index is 5.12. The summed E-state index contributed by atoms with van der Waals surface area (Å²) >= 11 is 0. The molecule has 2 rings (SSSR count). The van der Waals surface area contributed by atoms with Gasteiger partial charge in [0, 0.05) is 5.39 Å². The number of benzene rings is 2. The standard InChI is InChI=1S/C10H9NO/c11-12-10-7-3-5-8-4-1-2-6-9(8)10/h1-7H,11H2. The molecule has 0 bridgehead atoms. The van der Waals surface area contributed by atoms with Crippen LogP contribution in [0.15, 0.2) is 42.5 Å². The summed E-state index contributed by atoms with van der Waals surface area (Å²) < 4.78 is 0. The smallest absolute Gasteiger partial charge is 0.154 e. The SMILES string of the molecule is NOc1cccc2ccccc12. The van der Waals surface area contributed by atoms with Crippen LogP contribution in [0.25, 0.3) is 10.8 Å². The summed E-state index contributed by atoms with van der Waals surface area (Å²) in [7, 11) is 0. The lowest BCUT2D eigenvalue weighted by Crippen LogP contribution is -2.01. The molecule has 2 aromatic rings. The minimum atomic E-state index is 0.716. The van der Waals surface area contributed by atoms with E-state index in [-0.39, 0.29) is 0 Å². The quantitative estimate of drug-likeness (QED) is 0.646. The van der Waals surface area contributed by atoms with Crippen molar-refractivity contribution in [2.45, 2.75) is 0 Å². The van der Waals surface area contributed by atoms with Gasteiger partial charge in [-0.25, -0.2) is 0 Å². The third-order valence-electron chi connectivity index (χ3n) is 1.88. The highest BCUT2D eigenvalue weighted by Crippen LogP contribution is 2.23. The third-order valence-corrected chi connectivity index (χ3v) is 1.88. The molecule has 12 heavy (non-hydrogen) atoms. The van der Waals surface area contributed by atoms with Gasteiger partial charge in [0.2, 0.25) is 0 Å². The predicted octanol–water partition coefficient (Wildman–Crippen LogP) is 2.09. The van der Waals surface area contributed by atoms with Gasteiger partial charge in [0.05, 0.1) is 0 Å². The first-order chi connectivity index (χ1) is 5.92. The van der Waals surface area contributed by atoms with Gasteiger partial charge >= 0.3 is 0 Å². The van der Waals surface area contributed by atoms with Crippen LogP contribution in [0.4, 0.5) is 0 Å². The Hall–Kier alpha value is -1.54. The first kappa shape index (κ1) is 7.13. The Balaban J connectivity index is 2.79. The van der Waals surface area contributed by atoms with Crippen LogP contribution < -0.4 is 10.7 Å². The van der Waals surface area contributed by atoms with Crippen molar-refractivity contribution in [3.63, 3.8) is 0 Å². The zero-order valence-electron chi connectivity index (χ0n) is 6.53. The van der Waals surface area contributed by atoms with Gasteiger partial charge in [-0.3, -0.25) is 0 Å². The van der Waals surface area contributed by atoms with Gasteiger partial charge in [0.1, 0.15) is 0 Å². The molecule has 2 N–H and O–H groups in total. The van der Waals surface area contributed by atoms with Crippen molar-refractivity contribution in [1.29, 1.82) is 0 Å². The molecule has 60 valence electrons. The van der Waals surface area contributed by atoms with Crippen molar-refractivity contribution in [1.82, 2.24) is 0 Å². The summed E-state index contributed by atoms with van der Waals surface area (Å²) in [5.41, 5.74) is 0. The lowest BCUT2D eigenvalue weighted by molar-refractivity contribution is 0.339. The maximum absolute atomic E-state index is 5.12. The highest BCUT2D eigenvalue weighted by atomic mass is 16.6. The van der Waals surface area contributed by atoms with Crippen molar-refractivity contribution in [3.05, 3.63) is 42.5 Å². The van der Waals surface area contributed by atoms with E-state index in [2.05, 4.69) is 0 Å². The molecular weight excluding hydrogens is 150 g/mol. The zero-order chi connectivity index (χ0) is 8.39. The van der Waals surface area contributed by atoms with Crippen LogP contribution in [0, 0.1) is 0 Å². The van der Waals surface area contributed by atoms with Crippen molar-refractivity contribution >= 4 is 10.8 Å². The van der Waals surface area contributed by atoms with E-state index in [1.165, 1.54) is 0 Å². The fraction of sp³-hybridized carbons (Fsp3) is 0. The molecule has 0 aromatic heterocycles. The van der Waals surface area contributed by atoms with E-state index in [4.69, 9.17) is 10.7 Å². The van der Waals surface area contributed by atoms with Crippen LogP contribution in [0.5, 0.6) is 5.75 Å². The molecule has 0 aliphatic rings. The van der Waals surface area contributed by atoms with Crippen LogP contribution in [-0.4, -0.2) is 0 Å². The largest absolute Gasteiger partial charge is 0.411 e. The van der Waals surface area contributed by atoms with E-state index in [1.54, 1.807) is 0 Å². The Bertz CT molecular complexity index is 392. The monoisotopic (exact) mass is 159 g/mol. The Morgan fingerprint density at radius 2 is 1.67 bits per heavy atom. The molecule has 0 fully saturated rings. The molecule has 0 saturated heterocycles. The average molecular weight is 159 g/mol. The van der Waals surface area contributed by atoms with Gasteiger partial charge in [-0.2, -0.15) is 5.90 Å². The van der Waals surface area contributed by atoms with Gasteiger partial charge in [0.25, 0.3) is 0 Å². The number of hydrogen-bond donors (Lipinski definition) is 1. The molecule has 0 atom stereocenters. The van der Waals surface area contributed by atoms with Gasteiger partial charge < -0.3 is 4.84 Å². The lowest BCUT2D eigenvalue weighted by atomic mass is 10.1. The molecule has 0 heterocycles. The van der Waals surface area contributed by atoms with Crippen LogP contribution in [0.2, 0.25) is 0 Å². The van der Waals surface area contributed by atoms with E-state index in [0.29, 0.717) is 5.75 Å². The molecule has 0 spiro atoms. The number of fused-ring (bicyclic) bond motifs is 1. The zero-order valence-corrected chi connectivity index (χ0v) is 6.53. The van der Waals surface area contributed by atoms with Crippen molar-refractivity contribution < 1.29 is 4.84 Å². The summed E-state index contributed by atoms with van der Waals surface area (Å²) in [4.78, 5) is 4.73. The van der Waals surface area contributed by atoms with Gasteiger partial charge in [-0.1, -0.05) is 36.4 Å². The van der Waals surface area contributed by atoms with Gasteiger partial charge in [-0.15, -0.1) is 0 Å². The summed E-state index contributed by atoms with van der Waals surface area (Å²) in [6, 6.07) is 13.8. The Labute approximate surface area is 70.5 Å². The van der Waals surface area contributed by atoms with Crippen molar-refractivity contribution in [2.24, 2.45) is 5.90 Å². The Kier molecular flexibility index (Phi) is 1.68. The minimum Gasteiger partial charge on any atom is -0.411 e. The first-order valence-electron chi connectivity index (χ1n) is 3.76. The topological polar surface area (TPSA) is 35.2 Å². The van der Waals surface area contributed by atoms with E-state index < -0.39 is 0 Å². The van der Waals surface area contributed by atoms with E-state index in [9.17, 15) is 0 Å². The maximum Gasteiger partial charge on any atom is 0.154 e. The van der Waals surface area contributed by atoms with E-state index >= 15 is 0 Å². The fourth-order valence-corrected chi connectivity index (χ4v) is 1.30. The van der Waals surface area contributed by atoms with E-state index in [1.807, 2.05) is 42.5 Å². The average Bonchev–Trinajstić information content (AvgIpc) is 2.17. The highest BCUT2D eigenvalue weighted by Gasteiger charge is 1.97. The number of hydrogen-bond acceptors (Lipinski definition) is 2. The van der Waals surface area contributed by atoms with Crippen molar-refractivity contribution in [2.75, 3.05) is 0 Å². The second kappa shape index (κ2) is 2.83. The molecule has 2 aromatic carbocycles. The predicted molar refractivity (Wildman–Crippen MR) is 48.8 cm³/mol. The van der Waals surface area contributed by atoms with E-state index in [0.717, 1.165) is 10.8 Å². The summed E-state index contributed by atoms with van der Waals surface area (Å²) in [5, 5.41) is 2.18. The molecule has 0 amide bonds. The van der Waals surface area contributed by atoms with Crippen LogP contribution in [-0.2, 0) is 0 Å². The molecule has 0 aliphatic carbocycles. The highest BCUT2D eigenvalue weighted by molar-refractivity contribution is 5.88. The van der Waals surface area contributed by atoms with Crippen LogP contribution in [0.1, 0.15) is 0 Å². The van der Waals surface area contributed by atoms with Crippen LogP contribution >= 0.6 is 0 Å². The van der Waals surface area contributed by atoms with Crippen molar-refractivity contribution in [3.8, 4) is 5.75 Å². The molecule has 2 nitrogen and oxygen atoms in total. The molecule has 0 radical (unpaired) electrons. The third kappa shape index (κ3) is 1.02. The number of rotatable bonds is 1. The summed E-state index contributed by atoms with van der Waals surface area (Å²) in [6.45, 7) is 0. The molecule has 2 heteroatoms. The summed E-state index contributed by atoms with van der Waals surface area (Å²) in [5.74, 6) is 5.83. The molecule has 0 unspecified atom stereocenters. The fourth-order valence-electron chi connectivity index (χ4n) is 1.30. The molecule has 0 saturated carbocycles. The first-order valence-corrected chi connectivity index (χ1v) is 3.76. The minimum absolute atomic E-state index is 0.716. The second-order valence-electron chi connectivity index (χ2n) is 2.60. The lowest BCUT2D eigenvalue weighted by Gasteiger charge is -2.02. The normalized spacial score (nSPS) is 10.1. The van der Waals surface area contributed by atoms with Crippen LogP contribution in [0.3, 0.4) is 0 Å². The molecule has 0 aliphatic heterocycles. The second-order valence-corrected chi connectivity index (χ2v) is 2.60. The Morgan fingerprint density at radius 3 is 2.50 bits per heavy atom. The number of nitrogens with two attached hydrogens (primary N) is 1. The van der Waals surface area contributed by atoms with Gasteiger partial charge in [0.15, 0.2) is 5.75 Å². The summed E-state index contributed by atoms with van der Waals surface area (Å²) in [6.07, 6.45) is 0. The van der Waals surface area contributed by atoms with Gasteiger partial charge in [-0.05, 0) is 11.5 Å².